The highest BCUT2D eigenvalue weighted by Gasteiger charge is 2.33. The van der Waals surface area contributed by atoms with E-state index in [0.29, 0.717) is 17.3 Å². The maximum atomic E-state index is 12.5. The molecule has 0 aliphatic heterocycles. The zero-order valence-corrected chi connectivity index (χ0v) is 12.8. The van der Waals surface area contributed by atoms with Gasteiger partial charge in [0.05, 0.1) is 22.9 Å². The van der Waals surface area contributed by atoms with Crippen molar-refractivity contribution >= 4 is 27.8 Å². The minimum absolute atomic E-state index is 0.175. The second kappa shape index (κ2) is 5.69. The number of alkyl halides is 3. The van der Waals surface area contributed by atoms with E-state index in [4.69, 9.17) is 0 Å². The Bertz CT molecular complexity index is 575. The monoisotopic (exact) mass is 321 g/mol. The number of rotatable bonds is 4. The van der Waals surface area contributed by atoms with Crippen LogP contribution in [0.4, 0.5) is 18.3 Å². The Labute approximate surface area is 122 Å². The van der Waals surface area contributed by atoms with Crippen molar-refractivity contribution in [3.8, 4) is 0 Å². The molecule has 2 rings (SSSR count). The summed E-state index contributed by atoms with van der Waals surface area (Å²) in [6.45, 7) is 5.96. The van der Waals surface area contributed by atoms with Crippen LogP contribution >= 0.6 is 22.7 Å². The van der Waals surface area contributed by atoms with Crippen molar-refractivity contribution in [2.75, 3.05) is 5.32 Å². The van der Waals surface area contributed by atoms with E-state index < -0.39 is 11.1 Å². The Kier molecular flexibility index (Phi) is 4.33. The highest BCUT2D eigenvalue weighted by molar-refractivity contribution is 7.15. The lowest BCUT2D eigenvalue weighted by Gasteiger charge is -2.10. The third-order valence-electron chi connectivity index (χ3n) is 2.60. The number of nitrogens with zero attached hydrogens (tertiary/aromatic N) is 2. The standard InChI is InChI=1S/C12H14F3N3S2/c1-6(2)10-18-8(5-19-10)7(3)17-11-16-4-9(20-11)12(13,14)15/h4-7H,1-3H3,(H,16,17). The molecule has 20 heavy (non-hydrogen) atoms. The Morgan fingerprint density at radius 3 is 2.45 bits per heavy atom. The molecule has 1 unspecified atom stereocenters. The van der Waals surface area contributed by atoms with Gasteiger partial charge in [-0.3, -0.25) is 0 Å². The number of nitrogens with one attached hydrogen (secondary N) is 1. The molecule has 0 aliphatic rings. The van der Waals surface area contributed by atoms with Crippen LogP contribution in [-0.4, -0.2) is 9.97 Å². The molecule has 2 aromatic heterocycles. The largest absolute Gasteiger partial charge is 0.427 e. The highest BCUT2D eigenvalue weighted by atomic mass is 32.1. The van der Waals surface area contributed by atoms with Crippen LogP contribution in [0, 0.1) is 0 Å². The summed E-state index contributed by atoms with van der Waals surface area (Å²) in [7, 11) is 0. The molecule has 0 aromatic carbocycles. The lowest BCUT2D eigenvalue weighted by Crippen LogP contribution is -2.07. The van der Waals surface area contributed by atoms with E-state index in [1.165, 1.54) is 0 Å². The van der Waals surface area contributed by atoms with Crippen LogP contribution in [0.3, 0.4) is 0 Å². The first-order valence-corrected chi connectivity index (χ1v) is 7.72. The summed E-state index contributed by atoms with van der Waals surface area (Å²) in [6, 6.07) is -0.175. The van der Waals surface area contributed by atoms with Gasteiger partial charge in [-0.05, 0) is 6.92 Å². The molecule has 0 radical (unpaired) electrons. The number of aromatic nitrogens is 2. The molecule has 0 fully saturated rings. The Morgan fingerprint density at radius 1 is 1.25 bits per heavy atom. The van der Waals surface area contributed by atoms with Crippen molar-refractivity contribution in [2.24, 2.45) is 0 Å². The van der Waals surface area contributed by atoms with Gasteiger partial charge in [0, 0.05) is 11.3 Å². The molecule has 2 heterocycles. The summed E-state index contributed by atoms with van der Waals surface area (Å²) in [5.74, 6) is 0.345. The lowest BCUT2D eigenvalue weighted by molar-refractivity contribution is -0.134. The summed E-state index contributed by atoms with van der Waals surface area (Å²) < 4.78 is 37.5. The van der Waals surface area contributed by atoms with Gasteiger partial charge in [0.15, 0.2) is 5.13 Å². The predicted octanol–water partition coefficient (Wildman–Crippen LogP) is 4.91. The topological polar surface area (TPSA) is 37.8 Å². The van der Waals surface area contributed by atoms with E-state index in [9.17, 15) is 13.2 Å². The fraction of sp³-hybridized carbons (Fsp3) is 0.500. The van der Waals surface area contributed by atoms with Crippen LogP contribution in [0.2, 0.25) is 0 Å². The molecule has 0 amide bonds. The maximum absolute atomic E-state index is 12.5. The first-order chi connectivity index (χ1) is 9.27. The summed E-state index contributed by atoms with van der Waals surface area (Å²) in [5.41, 5.74) is 0.822. The second-order valence-corrected chi connectivity index (χ2v) is 6.58. The smallest absolute Gasteiger partial charge is 0.353 e. The van der Waals surface area contributed by atoms with Crippen molar-refractivity contribution in [1.82, 2.24) is 9.97 Å². The van der Waals surface area contributed by atoms with Gasteiger partial charge in [0.1, 0.15) is 4.88 Å². The third kappa shape index (κ3) is 3.49. The van der Waals surface area contributed by atoms with E-state index in [1.54, 1.807) is 11.3 Å². The minimum Gasteiger partial charge on any atom is -0.353 e. The van der Waals surface area contributed by atoms with E-state index in [0.717, 1.165) is 16.9 Å². The van der Waals surface area contributed by atoms with Crippen LogP contribution in [0.25, 0.3) is 0 Å². The van der Waals surface area contributed by atoms with Crippen molar-refractivity contribution in [3.05, 3.63) is 27.2 Å². The third-order valence-corrected chi connectivity index (χ3v) is 4.74. The molecule has 3 nitrogen and oxygen atoms in total. The molecule has 2 aromatic rings. The molecule has 0 saturated heterocycles. The van der Waals surface area contributed by atoms with Crippen LogP contribution in [0.1, 0.15) is 48.3 Å². The number of hydrogen-bond acceptors (Lipinski definition) is 5. The number of hydrogen-bond donors (Lipinski definition) is 1. The van der Waals surface area contributed by atoms with E-state index in [-0.39, 0.29) is 11.2 Å². The van der Waals surface area contributed by atoms with Crippen LogP contribution < -0.4 is 5.32 Å². The van der Waals surface area contributed by atoms with E-state index >= 15 is 0 Å². The van der Waals surface area contributed by atoms with Crippen LogP contribution in [0.5, 0.6) is 0 Å². The van der Waals surface area contributed by atoms with Gasteiger partial charge in [0.25, 0.3) is 0 Å². The maximum Gasteiger partial charge on any atom is 0.427 e. The second-order valence-electron chi connectivity index (χ2n) is 4.66. The van der Waals surface area contributed by atoms with Crippen molar-refractivity contribution in [3.63, 3.8) is 0 Å². The Balaban J connectivity index is 2.07. The fourth-order valence-corrected chi connectivity index (χ4v) is 3.19. The molecule has 0 spiro atoms. The van der Waals surface area contributed by atoms with Gasteiger partial charge < -0.3 is 5.32 Å². The van der Waals surface area contributed by atoms with Crippen molar-refractivity contribution < 1.29 is 13.2 Å². The number of anilines is 1. The lowest BCUT2D eigenvalue weighted by atomic mass is 10.2. The fourth-order valence-electron chi connectivity index (χ4n) is 1.50. The Morgan fingerprint density at radius 2 is 1.95 bits per heavy atom. The van der Waals surface area contributed by atoms with Gasteiger partial charge in [-0.1, -0.05) is 25.2 Å². The average Bonchev–Trinajstić information content (AvgIpc) is 2.95. The molecule has 0 bridgehead atoms. The molecule has 0 saturated carbocycles. The molecule has 1 atom stereocenters. The van der Waals surface area contributed by atoms with Crippen LogP contribution in [-0.2, 0) is 6.18 Å². The minimum atomic E-state index is -4.34. The predicted molar refractivity (Wildman–Crippen MR) is 75.4 cm³/mol. The van der Waals surface area contributed by atoms with Gasteiger partial charge >= 0.3 is 6.18 Å². The summed E-state index contributed by atoms with van der Waals surface area (Å²) in [4.78, 5) is 7.52. The van der Waals surface area contributed by atoms with Gasteiger partial charge in [-0.15, -0.1) is 11.3 Å². The zero-order chi connectivity index (χ0) is 14.9. The van der Waals surface area contributed by atoms with Crippen LogP contribution in [0.15, 0.2) is 11.6 Å². The average molecular weight is 321 g/mol. The van der Waals surface area contributed by atoms with Gasteiger partial charge in [-0.25, -0.2) is 9.97 Å². The van der Waals surface area contributed by atoms with Gasteiger partial charge in [-0.2, -0.15) is 13.2 Å². The molecular formula is C12H14F3N3S2. The molecular weight excluding hydrogens is 307 g/mol. The summed E-state index contributed by atoms with van der Waals surface area (Å²) in [6.07, 6.45) is -3.49. The molecule has 110 valence electrons. The number of halogens is 3. The van der Waals surface area contributed by atoms with E-state index in [1.807, 2.05) is 12.3 Å². The van der Waals surface area contributed by atoms with Crippen molar-refractivity contribution in [1.29, 1.82) is 0 Å². The van der Waals surface area contributed by atoms with Gasteiger partial charge in [0.2, 0.25) is 0 Å². The Hall–Kier alpha value is -1.15. The molecule has 0 aliphatic carbocycles. The first-order valence-electron chi connectivity index (χ1n) is 6.02. The SMILES string of the molecule is CC(C)c1nc(C(C)Nc2ncc(C(F)(F)F)s2)cs1. The summed E-state index contributed by atoms with van der Waals surface area (Å²) >= 11 is 2.16. The van der Waals surface area contributed by atoms with E-state index in [2.05, 4.69) is 29.1 Å². The van der Waals surface area contributed by atoms with Crippen molar-refractivity contribution in [2.45, 2.75) is 38.9 Å². The number of thiazole rings is 2. The highest BCUT2D eigenvalue weighted by Crippen LogP contribution is 2.36. The normalized spacial score (nSPS) is 13.8. The summed E-state index contributed by atoms with van der Waals surface area (Å²) in [5, 5.41) is 6.15. The molecule has 8 heteroatoms. The molecule has 1 N–H and O–H groups in total. The zero-order valence-electron chi connectivity index (χ0n) is 11.2. The first kappa shape index (κ1) is 15.2. The quantitative estimate of drug-likeness (QED) is 0.869.